The van der Waals surface area contributed by atoms with Gasteiger partial charge in [0.15, 0.2) is 0 Å². The first kappa shape index (κ1) is 12.6. The molecule has 1 aliphatic heterocycles. The second-order valence-corrected chi connectivity index (χ2v) is 4.70. The molecule has 0 aliphatic carbocycles. The molecule has 3 unspecified atom stereocenters. The number of hydrogen-bond donors (Lipinski definition) is 1. The average molecular weight is 235 g/mol. The first-order valence-electron chi connectivity index (χ1n) is 6.27. The third kappa shape index (κ3) is 3.53. The predicted molar refractivity (Wildman–Crippen MR) is 67.7 cm³/mol. The molecule has 0 radical (unpaired) electrons. The van der Waals surface area contributed by atoms with E-state index in [1.54, 1.807) is 0 Å². The quantitative estimate of drug-likeness (QED) is 0.850. The van der Waals surface area contributed by atoms with Crippen molar-refractivity contribution in [3.05, 3.63) is 35.9 Å². The van der Waals surface area contributed by atoms with Gasteiger partial charge in [0.2, 0.25) is 0 Å². The fraction of sp³-hybridized carbons (Fsp3) is 0.571. The van der Waals surface area contributed by atoms with E-state index in [0.717, 1.165) is 31.8 Å². The number of hydrogen-bond acceptors (Lipinski definition) is 3. The molecule has 3 atom stereocenters. The summed E-state index contributed by atoms with van der Waals surface area (Å²) in [7, 11) is 0. The molecule has 0 saturated carbocycles. The van der Waals surface area contributed by atoms with E-state index in [9.17, 15) is 0 Å². The van der Waals surface area contributed by atoms with Crippen LogP contribution in [0.3, 0.4) is 0 Å². The van der Waals surface area contributed by atoms with Crippen molar-refractivity contribution >= 4 is 0 Å². The summed E-state index contributed by atoms with van der Waals surface area (Å²) in [5, 5.41) is 0. The smallest absolute Gasteiger partial charge is 0.0739 e. The molecule has 0 spiro atoms. The standard InChI is InChI=1S/C14H21NO2/c1-11(17-10-12-7-8-16-9-12)14(15)13-5-3-2-4-6-13/h2-6,11-12,14H,7-10,15H2,1H3. The lowest BCUT2D eigenvalue weighted by atomic mass is 10.0. The fourth-order valence-electron chi connectivity index (χ4n) is 2.05. The van der Waals surface area contributed by atoms with Gasteiger partial charge in [0.25, 0.3) is 0 Å². The highest BCUT2D eigenvalue weighted by Gasteiger charge is 2.20. The van der Waals surface area contributed by atoms with Crippen LogP contribution in [0.2, 0.25) is 0 Å². The highest BCUT2D eigenvalue weighted by Crippen LogP contribution is 2.19. The maximum absolute atomic E-state index is 6.17. The molecule has 1 saturated heterocycles. The predicted octanol–water partition coefficient (Wildman–Crippen LogP) is 2.13. The molecule has 0 amide bonds. The van der Waals surface area contributed by atoms with E-state index in [1.807, 2.05) is 37.3 Å². The Labute approximate surface area is 103 Å². The van der Waals surface area contributed by atoms with Crippen LogP contribution in [-0.2, 0) is 9.47 Å². The summed E-state index contributed by atoms with van der Waals surface area (Å²) in [4.78, 5) is 0. The minimum Gasteiger partial charge on any atom is -0.381 e. The molecule has 1 aromatic rings. The molecule has 17 heavy (non-hydrogen) atoms. The van der Waals surface area contributed by atoms with Gasteiger partial charge in [-0.15, -0.1) is 0 Å². The van der Waals surface area contributed by atoms with Gasteiger partial charge >= 0.3 is 0 Å². The van der Waals surface area contributed by atoms with Gasteiger partial charge in [-0.25, -0.2) is 0 Å². The van der Waals surface area contributed by atoms with Gasteiger partial charge in [-0.3, -0.25) is 0 Å². The molecular formula is C14H21NO2. The Morgan fingerprint density at radius 1 is 1.41 bits per heavy atom. The van der Waals surface area contributed by atoms with Gasteiger partial charge in [-0.2, -0.15) is 0 Å². The molecule has 0 bridgehead atoms. The number of benzene rings is 1. The second-order valence-electron chi connectivity index (χ2n) is 4.70. The van der Waals surface area contributed by atoms with Gasteiger partial charge in [-0.1, -0.05) is 30.3 Å². The summed E-state index contributed by atoms with van der Waals surface area (Å²) < 4.78 is 11.2. The molecular weight excluding hydrogens is 214 g/mol. The molecule has 1 aliphatic rings. The fourth-order valence-corrected chi connectivity index (χ4v) is 2.05. The van der Waals surface area contributed by atoms with E-state index in [2.05, 4.69) is 0 Å². The Morgan fingerprint density at radius 3 is 2.82 bits per heavy atom. The Balaban J connectivity index is 1.80. The van der Waals surface area contributed by atoms with E-state index < -0.39 is 0 Å². The van der Waals surface area contributed by atoms with E-state index >= 15 is 0 Å². The highest BCUT2D eigenvalue weighted by atomic mass is 16.5. The molecule has 3 nitrogen and oxygen atoms in total. The van der Waals surface area contributed by atoms with Crippen LogP contribution in [0.4, 0.5) is 0 Å². The van der Waals surface area contributed by atoms with E-state index in [4.69, 9.17) is 15.2 Å². The first-order chi connectivity index (χ1) is 8.27. The molecule has 2 rings (SSSR count). The Kier molecular flexibility index (Phi) is 4.54. The summed E-state index contributed by atoms with van der Waals surface area (Å²) >= 11 is 0. The zero-order valence-electron chi connectivity index (χ0n) is 10.3. The minimum atomic E-state index is -0.0569. The van der Waals surface area contributed by atoms with Gasteiger partial charge in [-0.05, 0) is 18.9 Å². The summed E-state index contributed by atoms with van der Waals surface area (Å²) in [5.74, 6) is 0.542. The van der Waals surface area contributed by atoms with Crippen LogP contribution in [0.15, 0.2) is 30.3 Å². The molecule has 1 heterocycles. The van der Waals surface area contributed by atoms with Crippen LogP contribution in [0, 0.1) is 5.92 Å². The number of nitrogens with two attached hydrogens (primary N) is 1. The van der Waals surface area contributed by atoms with E-state index in [0.29, 0.717) is 5.92 Å². The van der Waals surface area contributed by atoms with Crippen LogP contribution < -0.4 is 5.73 Å². The van der Waals surface area contributed by atoms with Crippen molar-refractivity contribution in [3.8, 4) is 0 Å². The maximum atomic E-state index is 6.17. The Morgan fingerprint density at radius 2 is 2.18 bits per heavy atom. The molecule has 2 N–H and O–H groups in total. The van der Waals surface area contributed by atoms with Crippen LogP contribution in [-0.4, -0.2) is 25.9 Å². The zero-order chi connectivity index (χ0) is 12.1. The van der Waals surface area contributed by atoms with Crippen LogP contribution >= 0.6 is 0 Å². The van der Waals surface area contributed by atoms with Crippen molar-refractivity contribution in [2.24, 2.45) is 11.7 Å². The molecule has 3 heteroatoms. The van der Waals surface area contributed by atoms with Crippen LogP contribution in [0.1, 0.15) is 24.9 Å². The van der Waals surface area contributed by atoms with Gasteiger partial charge in [0.05, 0.1) is 25.4 Å². The van der Waals surface area contributed by atoms with Crippen molar-refractivity contribution < 1.29 is 9.47 Å². The zero-order valence-corrected chi connectivity index (χ0v) is 10.3. The molecule has 0 aromatic heterocycles. The second kappa shape index (κ2) is 6.15. The van der Waals surface area contributed by atoms with Crippen molar-refractivity contribution in [2.45, 2.75) is 25.5 Å². The summed E-state index contributed by atoms with van der Waals surface area (Å²) in [6.45, 7) is 4.48. The van der Waals surface area contributed by atoms with Crippen LogP contribution in [0.25, 0.3) is 0 Å². The lowest BCUT2D eigenvalue weighted by Crippen LogP contribution is -2.28. The summed E-state index contributed by atoms with van der Waals surface area (Å²) in [6, 6.07) is 10.0. The summed E-state index contributed by atoms with van der Waals surface area (Å²) in [6.07, 6.45) is 1.14. The third-order valence-electron chi connectivity index (χ3n) is 3.31. The van der Waals surface area contributed by atoms with Crippen molar-refractivity contribution in [1.82, 2.24) is 0 Å². The van der Waals surface area contributed by atoms with Crippen molar-refractivity contribution in [2.75, 3.05) is 19.8 Å². The third-order valence-corrected chi connectivity index (χ3v) is 3.31. The average Bonchev–Trinajstić information content (AvgIpc) is 2.89. The van der Waals surface area contributed by atoms with Gasteiger partial charge in [0, 0.05) is 12.5 Å². The normalized spacial score (nSPS) is 23.5. The van der Waals surface area contributed by atoms with Crippen molar-refractivity contribution in [1.29, 1.82) is 0 Å². The van der Waals surface area contributed by atoms with Gasteiger partial charge < -0.3 is 15.2 Å². The number of rotatable bonds is 5. The highest BCUT2D eigenvalue weighted by molar-refractivity contribution is 5.19. The number of ether oxygens (including phenoxy) is 2. The lowest BCUT2D eigenvalue weighted by Gasteiger charge is -2.22. The molecule has 94 valence electrons. The summed E-state index contributed by atoms with van der Waals surface area (Å²) in [5.41, 5.74) is 7.29. The minimum absolute atomic E-state index is 0.0398. The SMILES string of the molecule is CC(OCC1CCOC1)C(N)c1ccccc1. The van der Waals surface area contributed by atoms with E-state index in [1.165, 1.54) is 0 Å². The Bertz CT molecular complexity index is 322. The lowest BCUT2D eigenvalue weighted by molar-refractivity contribution is 0.0221. The van der Waals surface area contributed by atoms with E-state index in [-0.39, 0.29) is 12.1 Å². The monoisotopic (exact) mass is 235 g/mol. The van der Waals surface area contributed by atoms with Crippen LogP contribution in [0.5, 0.6) is 0 Å². The van der Waals surface area contributed by atoms with Gasteiger partial charge in [0.1, 0.15) is 0 Å². The first-order valence-corrected chi connectivity index (χ1v) is 6.27. The largest absolute Gasteiger partial charge is 0.381 e. The van der Waals surface area contributed by atoms with Crippen molar-refractivity contribution in [3.63, 3.8) is 0 Å². The molecule has 1 aromatic carbocycles. The maximum Gasteiger partial charge on any atom is 0.0739 e. The topological polar surface area (TPSA) is 44.5 Å². The Hall–Kier alpha value is -0.900. The molecule has 1 fully saturated rings.